The van der Waals surface area contributed by atoms with Gasteiger partial charge in [-0.25, -0.2) is 0 Å². The van der Waals surface area contributed by atoms with Gasteiger partial charge in [0.15, 0.2) is 0 Å². The van der Waals surface area contributed by atoms with Crippen LogP contribution in [0.15, 0.2) is 24.3 Å². The molecular formula is C16H23ClN2O. The molecule has 2 atom stereocenters. The van der Waals surface area contributed by atoms with E-state index < -0.39 is 5.54 Å². The van der Waals surface area contributed by atoms with E-state index in [9.17, 15) is 4.79 Å². The van der Waals surface area contributed by atoms with Crippen LogP contribution in [0.25, 0.3) is 0 Å². The van der Waals surface area contributed by atoms with Crippen LogP contribution in [-0.2, 0) is 4.79 Å². The van der Waals surface area contributed by atoms with E-state index in [2.05, 4.69) is 19.2 Å². The van der Waals surface area contributed by atoms with Crippen molar-refractivity contribution in [3.8, 4) is 0 Å². The van der Waals surface area contributed by atoms with Crippen LogP contribution in [0, 0.1) is 5.92 Å². The van der Waals surface area contributed by atoms with E-state index in [1.165, 1.54) is 0 Å². The Kier molecular flexibility index (Phi) is 4.40. The molecule has 1 aliphatic heterocycles. The SMILES string of the molecule is CCC1(C)NC(c2ccc(Cl)cc2)N(CC(C)C)C1=O. The monoisotopic (exact) mass is 294 g/mol. The highest BCUT2D eigenvalue weighted by Crippen LogP contribution is 2.33. The quantitative estimate of drug-likeness (QED) is 0.920. The van der Waals surface area contributed by atoms with Crippen molar-refractivity contribution in [3.05, 3.63) is 34.9 Å². The summed E-state index contributed by atoms with van der Waals surface area (Å²) in [6.45, 7) is 9.05. The van der Waals surface area contributed by atoms with E-state index in [0.29, 0.717) is 10.9 Å². The van der Waals surface area contributed by atoms with E-state index >= 15 is 0 Å². The lowest BCUT2D eigenvalue weighted by atomic mass is 9.99. The Labute approximate surface area is 126 Å². The molecule has 4 heteroatoms. The van der Waals surface area contributed by atoms with Gasteiger partial charge in [0, 0.05) is 11.6 Å². The minimum Gasteiger partial charge on any atom is -0.321 e. The zero-order valence-electron chi connectivity index (χ0n) is 12.6. The zero-order valence-corrected chi connectivity index (χ0v) is 13.4. The van der Waals surface area contributed by atoms with Crippen molar-refractivity contribution in [2.75, 3.05) is 6.54 Å². The Morgan fingerprint density at radius 2 is 1.95 bits per heavy atom. The van der Waals surface area contributed by atoms with E-state index in [-0.39, 0.29) is 12.1 Å². The average molecular weight is 295 g/mol. The first kappa shape index (κ1) is 15.3. The summed E-state index contributed by atoms with van der Waals surface area (Å²) in [6.07, 6.45) is 0.719. The van der Waals surface area contributed by atoms with Crippen molar-refractivity contribution in [2.24, 2.45) is 5.92 Å². The van der Waals surface area contributed by atoms with Crippen LogP contribution in [0.2, 0.25) is 5.02 Å². The number of hydrogen-bond acceptors (Lipinski definition) is 2. The lowest BCUT2D eigenvalue weighted by Crippen LogP contribution is -2.43. The van der Waals surface area contributed by atoms with Crippen LogP contribution in [0.4, 0.5) is 0 Å². The van der Waals surface area contributed by atoms with Crippen molar-refractivity contribution in [2.45, 2.75) is 45.8 Å². The summed E-state index contributed by atoms with van der Waals surface area (Å²) >= 11 is 5.95. The normalized spacial score (nSPS) is 26.6. The van der Waals surface area contributed by atoms with E-state index in [4.69, 9.17) is 11.6 Å². The number of halogens is 1. The molecule has 3 nitrogen and oxygen atoms in total. The summed E-state index contributed by atoms with van der Waals surface area (Å²) in [5, 5.41) is 4.21. The number of amides is 1. The Morgan fingerprint density at radius 1 is 1.35 bits per heavy atom. The average Bonchev–Trinajstić information content (AvgIpc) is 2.65. The largest absolute Gasteiger partial charge is 0.321 e. The van der Waals surface area contributed by atoms with Gasteiger partial charge < -0.3 is 4.90 Å². The molecule has 1 aromatic rings. The second kappa shape index (κ2) is 5.74. The zero-order chi connectivity index (χ0) is 14.9. The van der Waals surface area contributed by atoms with Gasteiger partial charge in [-0.1, -0.05) is 44.5 Å². The molecule has 20 heavy (non-hydrogen) atoms. The fourth-order valence-corrected chi connectivity index (χ4v) is 2.74. The molecule has 1 aliphatic rings. The molecule has 1 aromatic carbocycles. The molecule has 1 heterocycles. The molecule has 0 aromatic heterocycles. The number of nitrogens with one attached hydrogen (secondary N) is 1. The van der Waals surface area contributed by atoms with Gasteiger partial charge in [-0.15, -0.1) is 0 Å². The van der Waals surface area contributed by atoms with Crippen LogP contribution in [-0.4, -0.2) is 22.9 Å². The van der Waals surface area contributed by atoms with Crippen molar-refractivity contribution < 1.29 is 4.79 Å². The maximum Gasteiger partial charge on any atom is 0.244 e. The number of nitrogens with zero attached hydrogens (tertiary/aromatic N) is 1. The van der Waals surface area contributed by atoms with Gasteiger partial charge in [0.1, 0.15) is 6.17 Å². The van der Waals surface area contributed by atoms with Crippen LogP contribution in [0.1, 0.15) is 45.8 Å². The highest BCUT2D eigenvalue weighted by Gasteiger charge is 2.47. The van der Waals surface area contributed by atoms with Gasteiger partial charge in [-0.2, -0.15) is 0 Å². The first-order valence-electron chi connectivity index (χ1n) is 7.21. The molecule has 0 radical (unpaired) electrons. The van der Waals surface area contributed by atoms with E-state index in [1.807, 2.05) is 43.0 Å². The molecule has 110 valence electrons. The highest BCUT2D eigenvalue weighted by molar-refractivity contribution is 6.30. The predicted molar refractivity (Wildman–Crippen MR) is 82.6 cm³/mol. The maximum atomic E-state index is 12.7. The van der Waals surface area contributed by atoms with Crippen LogP contribution >= 0.6 is 11.6 Å². The smallest absolute Gasteiger partial charge is 0.244 e. The van der Waals surface area contributed by atoms with Gasteiger partial charge >= 0.3 is 0 Å². The van der Waals surface area contributed by atoms with Gasteiger partial charge in [0.05, 0.1) is 5.54 Å². The third kappa shape index (κ3) is 2.84. The summed E-state index contributed by atoms with van der Waals surface area (Å²) in [4.78, 5) is 14.6. The topological polar surface area (TPSA) is 32.3 Å². The maximum absolute atomic E-state index is 12.7. The van der Waals surface area contributed by atoms with E-state index in [0.717, 1.165) is 18.5 Å². The molecule has 0 bridgehead atoms. The molecule has 2 rings (SSSR count). The van der Waals surface area contributed by atoms with Gasteiger partial charge in [0.2, 0.25) is 5.91 Å². The first-order chi connectivity index (χ1) is 9.37. The number of rotatable bonds is 4. The molecule has 0 saturated carbocycles. The van der Waals surface area contributed by atoms with Crippen LogP contribution in [0.5, 0.6) is 0 Å². The summed E-state index contributed by atoms with van der Waals surface area (Å²) in [6, 6.07) is 7.72. The second-order valence-corrected chi connectivity index (χ2v) is 6.57. The molecule has 1 N–H and O–H groups in total. The minimum absolute atomic E-state index is 0.0629. The van der Waals surface area contributed by atoms with Crippen molar-refractivity contribution in [1.29, 1.82) is 0 Å². The molecule has 0 spiro atoms. The van der Waals surface area contributed by atoms with Crippen LogP contribution in [0.3, 0.4) is 0 Å². The molecule has 2 unspecified atom stereocenters. The Bertz CT molecular complexity index is 486. The number of carbonyl (C=O) groups is 1. The number of benzene rings is 1. The predicted octanol–water partition coefficient (Wildman–Crippen LogP) is 3.60. The third-order valence-electron chi connectivity index (χ3n) is 3.95. The van der Waals surface area contributed by atoms with Crippen molar-refractivity contribution >= 4 is 17.5 Å². The molecule has 0 aliphatic carbocycles. The Morgan fingerprint density at radius 3 is 2.45 bits per heavy atom. The molecule has 1 saturated heterocycles. The second-order valence-electron chi connectivity index (χ2n) is 6.14. The lowest BCUT2D eigenvalue weighted by Gasteiger charge is -2.26. The van der Waals surface area contributed by atoms with Gasteiger partial charge in [-0.3, -0.25) is 10.1 Å². The Hall–Kier alpha value is -1.06. The molecular weight excluding hydrogens is 272 g/mol. The summed E-state index contributed by atoms with van der Waals surface area (Å²) in [5.74, 6) is 0.628. The van der Waals surface area contributed by atoms with Gasteiger partial charge in [0.25, 0.3) is 0 Å². The molecule has 1 fully saturated rings. The Balaban J connectivity index is 2.33. The van der Waals surface area contributed by atoms with Crippen LogP contribution < -0.4 is 5.32 Å². The minimum atomic E-state index is -0.473. The fraction of sp³-hybridized carbons (Fsp3) is 0.562. The summed E-state index contributed by atoms with van der Waals surface area (Å²) in [7, 11) is 0. The summed E-state index contributed by atoms with van der Waals surface area (Å²) < 4.78 is 0. The van der Waals surface area contributed by atoms with E-state index in [1.54, 1.807) is 0 Å². The van der Waals surface area contributed by atoms with Crippen molar-refractivity contribution in [3.63, 3.8) is 0 Å². The highest BCUT2D eigenvalue weighted by atomic mass is 35.5. The fourth-order valence-electron chi connectivity index (χ4n) is 2.62. The lowest BCUT2D eigenvalue weighted by molar-refractivity contribution is -0.133. The van der Waals surface area contributed by atoms with Gasteiger partial charge in [-0.05, 0) is 37.0 Å². The summed E-state index contributed by atoms with van der Waals surface area (Å²) in [5.41, 5.74) is 0.611. The van der Waals surface area contributed by atoms with Crippen molar-refractivity contribution in [1.82, 2.24) is 10.2 Å². The third-order valence-corrected chi connectivity index (χ3v) is 4.21. The molecule has 1 amide bonds. The first-order valence-corrected chi connectivity index (χ1v) is 7.59. The standard InChI is InChI=1S/C16H23ClN2O/c1-5-16(4)15(20)19(10-11(2)3)14(18-16)12-6-8-13(17)9-7-12/h6-9,11,14,18H,5,10H2,1-4H3. The number of carbonyl (C=O) groups excluding carboxylic acids is 1. The number of hydrogen-bond donors (Lipinski definition) is 1.